The fourth-order valence-corrected chi connectivity index (χ4v) is 7.67. The summed E-state index contributed by atoms with van der Waals surface area (Å²) in [6.07, 6.45) is 1.82. The number of H-pyrrole nitrogens is 1. The Bertz CT molecular complexity index is 1780. The quantitative estimate of drug-likeness (QED) is 0.297. The Morgan fingerprint density at radius 2 is 1.37 bits per heavy atom. The molecule has 264 valence electrons. The van der Waals surface area contributed by atoms with E-state index in [1.807, 2.05) is 118 Å². The Balaban J connectivity index is 1.42. The molecule has 0 bridgehead atoms. The van der Waals surface area contributed by atoms with E-state index in [0.717, 1.165) is 33.3 Å². The van der Waals surface area contributed by atoms with Gasteiger partial charge in [-0.25, -0.2) is 9.59 Å². The predicted molar refractivity (Wildman–Crippen MR) is 186 cm³/mol. The minimum atomic E-state index is -1.16. The molecule has 1 aromatic heterocycles. The first kappa shape index (κ1) is 34.8. The number of aromatic nitrogens is 1. The van der Waals surface area contributed by atoms with Crippen molar-refractivity contribution in [2.45, 2.75) is 122 Å². The molecular formula is C38H50N4O7. The van der Waals surface area contributed by atoms with Crippen molar-refractivity contribution in [2.75, 3.05) is 18.5 Å². The maximum Gasteiger partial charge on any atom is 0.412 e. The maximum atomic E-state index is 14.5. The summed E-state index contributed by atoms with van der Waals surface area (Å²) in [4.78, 5) is 48.4. The molecule has 2 fully saturated rings. The van der Waals surface area contributed by atoms with Crippen LogP contribution in [0.15, 0.2) is 48.7 Å². The molecular weight excluding hydrogens is 624 g/mol. The first-order chi connectivity index (χ1) is 22.7. The van der Waals surface area contributed by atoms with Crippen molar-refractivity contribution < 1.29 is 33.3 Å². The Hall–Kier alpha value is -4.09. The number of carbonyl (C=O) groups excluding carboxylic acids is 3. The maximum absolute atomic E-state index is 14.5. The van der Waals surface area contributed by atoms with E-state index in [-0.39, 0.29) is 25.0 Å². The van der Waals surface area contributed by atoms with E-state index in [9.17, 15) is 14.4 Å². The number of anilines is 1. The van der Waals surface area contributed by atoms with Gasteiger partial charge in [-0.2, -0.15) is 0 Å². The van der Waals surface area contributed by atoms with Gasteiger partial charge in [-0.05, 0) is 105 Å². The number of aromatic amines is 1. The molecule has 3 aliphatic rings. The number of amides is 3. The van der Waals surface area contributed by atoms with Crippen LogP contribution in [0.25, 0.3) is 10.9 Å². The van der Waals surface area contributed by atoms with Gasteiger partial charge in [0, 0.05) is 17.3 Å². The summed E-state index contributed by atoms with van der Waals surface area (Å²) in [5.74, 6) is -0.173. The summed E-state index contributed by atoms with van der Waals surface area (Å²) < 4.78 is 23.9. The van der Waals surface area contributed by atoms with Crippen LogP contribution in [0.2, 0.25) is 0 Å². The molecule has 4 heterocycles. The van der Waals surface area contributed by atoms with Gasteiger partial charge in [0.2, 0.25) is 5.91 Å². The fraction of sp³-hybridized carbons (Fsp3) is 0.553. The summed E-state index contributed by atoms with van der Waals surface area (Å²) in [6.45, 7) is 19.1. The molecule has 3 amide bonds. The average molecular weight is 675 g/mol. The van der Waals surface area contributed by atoms with Crippen LogP contribution in [-0.2, 0) is 35.6 Å². The Labute approximate surface area is 288 Å². The van der Waals surface area contributed by atoms with Gasteiger partial charge in [0.05, 0.1) is 30.8 Å². The molecule has 2 saturated heterocycles. The molecule has 6 rings (SSSR count). The average Bonchev–Trinajstić information content (AvgIpc) is 3.68. The fourth-order valence-electron chi connectivity index (χ4n) is 7.67. The van der Waals surface area contributed by atoms with E-state index >= 15 is 0 Å². The van der Waals surface area contributed by atoms with Crippen molar-refractivity contribution in [1.82, 2.24) is 14.8 Å². The smallest absolute Gasteiger partial charge is 0.412 e. The van der Waals surface area contributed by atoms with Gasteiger partial charge in [0.25, 0.3) is 0 Å². The zero-order valence-electron chi connectivity index (χ0n) is 30.4. The summed E-state index contributed by atoms with van der Waals surface area (Å²) in [7, 11) is 0. The SMILES string of the molecule is CC(C)(C)OC(=O)N1[C@@H](Cc2c[nH]c3c([C@@]4(C[C@H]5COC(C)(C)N5C(=O)OC(C)(C)C)C(=O)Nc5ccccc54)cccc23)COC1(C)C. The van der Waals surface area contributed by atoms with Gasteiger partial charge < -0.3 is 29.2 Å². The van der Waals surface area contributed by atoms with E-state index in [4.69, 9.17) is 18.9 Å². The molecule has 49 heavy (non-hydrogen) atoms. The topological polar surface area (TPSA) is 122 Å². The molecule has 2 aromatic carbocycles. The zero-order valence-corrected chi connectivity index (χ0v) is 30.4. The molecule has 3 atom stereocenters. The number of nitrogens with zero attached hydrogens (tertiary/aromatic N) is 2. The molecule has 0 radical (unpaired) electrons. The van der Waals surface area contributed by atoms with Gasteiger partial charge in [-0.1, -0.05) is 36.4 Å². The van der Waals surface area contributed by atoms with Crippen LogP contribution in [0.5, 0.6) is 0 Å². The molecule has 11 nitrogen and oxygen atoms in total. The van der Waals surface area contributed by atoms with E-state index in [1.54, 1.807) is 9.80 Å². The zero-order chi connectivity index (χ0) is 35.7. The van der Waals surface area contributed by atoms with Crippen LogP contribution in [-0.4, -0.2) is 80.8 Å². The number of fused-ring (bicyclic) bond motifs is 2. The van der Waals surface area contributed by atoms with Crippen LogP contribution in [0.4, 0.5) is 15.3 Å². The Morgan fingerprint density at radius 1 is 0.816 bits per heavy atom. The third kappa shape index (κ3) is 6.27. The minimum Gasteiger partial charge on any atom is -0.444 e. The first-order valence-electron chi connectivity index (χ1n) is 17.1. The van der Waals surface area contributed by atoms with Gasteiger partial charge in [-0.3, -0.25) is 14.6 Å². The summed E-state index contributed by atoms with van der Waals surface area (Å²) >= 11 is 0. The normalized spacial score (nSPS) is 24.7. The molecule has 3 aromatic rings. The van der Waals surface area contributed by atoms with Crippen molar-refractivity contribution >= 4 is 34.7 Å². The van der Waals surface area contributed by atoms with Crippen LogP contribution >= 0.6 is 0 Å². The molecule has 3 aliphatic heterocycles. The first-order valence-corrected chi connectivity index (χ1v) is 17.1. The van der Waals surface area contributed by atoms with Gasteiger partial charge >= 0.3 is 12.2 Å². The highest BCUT2D eigenvalue weighted by molar-refractivity contribution is 6.11. The highest BCUT2D eigenvalue weighted by Gasteiger charge is 2.55. The van der Waals surface area contributed by atoms with Crippen molar-refractivity contribution in [2.24, 2.45) is 0 Å². The monoisotopic (exact) mass is 674 g/mol. The van der Waals surface area contributed by atoms with Crippen molar-refractivity contribution in [1.29, 1.82) is 0 Å². The molecule has 0 unspecified atom stereocenters. The highest BCUT2D eigenvalue weighted by atomic mass is 16.6. The van der Waals surface area contributed by atoms with Gasteiger partial charge in [0.15, 0.2) is 0 Å². The van der Waals surface area contributed by atoms with Crippen LogP contribution < -0.4 is 5.32 Å². The van der Waals surface area contributed by atoms with Crippen molar-refractivity contribution in [3.8, 4) is 0 Å². The number of carbonyl (C=O) groups is 3. The molecule has 11 heteroatoms. The Morgan fingerprint density at radius 3 is 1.98 bits per heavy atom. The van der Waals surface area contributed by atoms with Crippen LogP contribution in [0, 0.1) is 0 Å². The molecule has 2 N–H and O–H groups in total. The number of para-hydroxylation sites is 2. The lowest BCUT2D eigenvalue weighted by atomic mass is 9.70. The third-order valence-electron chi connectivity index (χ3n) is 9.61. The predicted octanol–water partition coefficient (Wildman–Crippen LogP) is 7.08. The van der Waals surface area contributed by atoms with Gasteiger partial charge in [-0.15, -0.1) is 0 Å². The summed E-state index contributed by atoms with van der Waals surface area (Å²) in [5.41, 5.74) is -0.138. The van der Waals surface area contributed by atoms with Gasteiger partial charge in [0.1, 0.15) is 28.1 Å². The largest absolute Gasteiger partial charge is 0.444 e. The number of hydrogen-bond donors (Lipinski definition) is 2. The molecule has 0 spiro atoms. The minimum absolute atomic E-state index is 0.173. The lowest BCUT2D eigenvalue weighted by Gasteiger charge is -2.38. The number of rotatable bonds is 5. The van der Waals surface area contributed by atoms with Crippen molar-refractivity contribution in [3.05, 3.63) is 65.4 Å². The molecule has 0 aliphatic carbocycles. The third-order valence-corrected chi connectivity index (χ3v) is 9.61. The van der Waals surface area contributed by atoms with Crippen LogP contribution in [0.3, 0.4) is 0 Å². The van der Waals surface area contributed by atoms with Crippen molar-refractivity contribution in [3.63, 3.8) is 0 Å². The lowest BCUT2D eigenvalue weighted by Crippen LogP contribution is -2.52. The lowest BCUT2D eigenvalue weighted by molar-refractivity contribution is -0.120. The number of nitrogens with one attached hydrogen (secondary N) is 2. The second kappa shape index (κ2) is 11.8. The summed E-state index contributed by atoms with van der Waals surface area (Å²) in [6, 6.07) is 13.0. The standard InChI is InChI=1S/C38H50N4O7/c1-34(2,3)48-32(44)41-24(21-46-36(41,7)8)18-23-20-39-30-26(23)14-13-16-28(30)38(27-15-11-12-17-29(27)40-31(38)43)19-25-22-47-37(9,10)42(25)33(45)49-35(4,5)6/h11-17,20,24-25,39H,18-19,21-22H2,1-10H3,(H,40,43)/t24-,25-,38-/m0/s1. The second-order valence-corrected chi connectivity index (χ2v) is 16.4. The highest BCUT2D eigenvalue weighted by Crippen LogP contribution is 2.50. The summed E-state index contributed by atoms with van der Waals surface area (Å²) in [5, 5.41) is 4.08. The number of benzene rings is 2. The van der Waals surface area contributed by atoms with E-state index < -0.39 is 46.3 Å². The van der Waals surface area contributed by atoms with E-state index in [2.05, 4.69) is 10.3 Å². The van der Waals surface area contributed by atoms with E-state index in [0.29, 0.717) is 13.0 Å². The number of hydrogen-bond acceptors (Lipinski definition) is 7. The number of ether oxygens (including phenoxy) is 4. The second-order valence-electron chi connectivity index (χ2n) is 16.4. The Kier molecular flexibility index (Phi) is 8.34. The molecule has 0 saturated carbocycles. The van der Waals surface area contributed by atoms with Crippen LogP contribution in [0.1, 0.15) is 92.3 Å². The van der Waals surface area contributed by atoms with E-state index in [1.165, 1.54) is 0 Å².